The molecule has 2 aromatic carbocycles. The Balaban J connectivity index is 1.82. The number of rotatable bonds is 3. The highest BCUT2D eigenvalue weighted by Gasteiger charge is 2.33. The van der Waals surface area contributed by atoms with Crippen molar-refractivity contribution in [3.05, 3.63) is 75.9 Å². The zero-order valence-electron chi connectivity index (χ0n) is 12.5. The first-order chi connectivity index (χ1) is 11.0. The molecule has 0 unspecified atom stereocenters. The van der Waals surface area contributed by atoms with Gasteiger partial charge >= 0.3 is 6.03 Å². The van der Waals surface area contributed by atoms with Crippen LogP contribution in [0.25, 0.3) is 6.08 Å². The van der Waals surface area contributed by atoms with Gasteiger partial charge in [0.15, 0.2) is 0 Å². The molecule has 3 rings (SSSR count). The average Bonchev–Trinajstić information content (AvgIpc) is 2.75. The van der Waals surface area contributed by atoms with Crippen LogP contribution in [0, 0.1) is 6.92 Å². The molecule has 1 aliphatic rings. The molecule has 0 aromatic heterocycles. The second kappa shape index (κ2) is 6.26. The number of carbonyl (C=O) groups is 2. The van der Waals surface area contributed by atoms with Crippen molar-refractivity contribution in [1.29, 1.82) is 0 Å². The number of nitrogens with zero attached hydrogens (tertiary/aromatic N) is 1. The third-order valence-electron chi connectivity index (χ3n) is 3.55. The summed E-state index contributed by atoms with van der Waals surface area (Å²) in [5, 5.41) is 3.19. The van der Waals surface area contributed by atoms with E-state index in [1.165, 1.54) is 4.90 Å². The Morgan fingerprint density at radius 2 is 1.91 bits per heavy atom. The van der Waals surface area contributed by atoms with E-state index < -0.39 is 6.03 Å². The minimum atomic E-state index is -0.412. The lowest BCUT2D eigenvalue weighted by molar-refractivity contribution is -0.123. The summed E-state index contributed by atoms with van der Waals surface area (Å²) in [6, 6.07) is 14.4. The Kier molecular flexibility index (Phi) is 4.17. The van der Waals surface area contributed by atoms with Gasteiger partial charge in [0.25, 0.3) is 5.91 Å². The van der Waals surface area contributed by atoms with E-state index in [9.17, 15) is 9.59 Å². The van der Waals surface area contributed by atoms with Crippen LogP contribution in [0.1, 0.15) is 16.7 Å². The van der Waals surface area contributed by atoms with Crippen LogP contribution in [0.4, 0.5) is 4.79 Å². The maximum Gasteiger partial charge on any atom is 0.329 e. The maximum absolute atomic E-state index is 12.4. The molecule has 1 fully saturated rings. The summed E-state index contributed by atoms with van der Waals surface area (Å²) in [6.45, 7) is 2.22. The number of hydrogen-bond donors (Lipinski definition) is 1. The second-order valence-electron chi connectivity index (χ2n) is 5.42. The summed E-state index contributed by atoms with van der Waals surface area (Å²) in [4.78, 5) is 25.7. The van der Waals surface area contributed by atoms with Crippen LogP contribution in [0.5, 0.6) is 0 Å². The van der Waals surface area contributed by atoms with Crippen molar-refractivity contribution in [2.24, 2.45) is 0 Å². The molecule has 23 heavy (non-hydrogen) atoms. The van der Waals surface area contributed by atoms with Gasteiger partial charge < -0.3 is 5.32 Å². The predicted octanol–water partition coefficient (Wildman–Crippen LogP) is 3.74. The van der Waals surface area contributed by atoms with Gasteiger partial charge in [-0.05, 0) is 36.3 Å². The largest absolute Gasteiger partial charge is 0.329 e. The van der Waals surface area contributed by atoms with Crippen molar-refractivity contribution in [2.75, 3.05) is 0 Å². The van der Waals surface area contributed by atoms with Crippen LogP contribution in [-0.2, 0) is 11.3 Å². The van der Waals surface area contributed by atoms with Gasteiger partial charge in [0.05, 0.1) is 6.54 Å². The first kappa shape index (κ1) is 15.3. The normalized spacial score (nSPS) is 16.1. The molecule has 0 spiro atoms. The average molecular weight is 327 g/mol. The summed E-state index contributed by atoms with van der Waals surface area (Å²) < 4.78 is 0. The first-order valence-electron chi connectivity index (χ1n) is 7.18. The highest BCUT2D eigenvalue weighted by Crippen LogP contribution is 2.19. The van der Waals surface area contributed by atoms with Gasteiger partial charge in [0.2, 0.25) is 0 Å². The fourth-order valence-corrected chi connectivity index (χ4v) is 2.67. The lowest BCUT2D eigenvalue weighted by atomic mass is 10.1. The fourth-order valence-electron chi connectivity index (χ4n) is 2.47. The van der Waals surface area contributed by atoms with Crippen molar-refractivity contribution < 1.29 is 9.59 Å². The van der Waals surface area contributed by atoms with E-state index in [4.69, 9.17) is 11.6 Å². The summed E-state index contributed by atoms with van der Waals surface area (Å²) in [5.41, 5.74) is 3.02. The second-order valence-corrected chi connectivity index (χ2v) is 5.86. The van der Waals surface area contributed by atoms with Crippen LogP contribution in [0.3, 0.4) is 0 Å². The van der Waals surface area contributed by atoms with Gasteiger partial charge in [-0.1, -0.05) is 53.6 Å². The highest BCUT2D eigenvalue weighted by molar-refractivity contribution is 6.30. The number of amides is 3. The molecule has 0 atom stereocenters. The van der Waals surface area contributed by atoms with E-state index in [-0.39, 0.29) is 18.1 Å². The molecule has 1 N–H and O–H groups in total. The van der Waals surface area contributed by atoms with Gasteiger partial charge in [-0.2, -0.15) is 0 Å². The van der Waals surface area contributed by atoms with Crippen molar-refractivity contribution >= 4 is 29.6 Å². The number of urea groups is 1. The zero-order chi connectivity index (χ0) is 16.4. The number of aryl methyl sites for hydroxylation is 1. The first-order valence-corrected chi connectivity index (χ1v) is 7.56. The lowest BCUT2D eigenvalue weighted by Gasteiger charge is -2.12. The minimum absolute atomic E-state index is 0.249. The van der Waals surface area contributed by atoms with Gasteiger partial charge in [-0.3, -0.25) is 9.69 Å². The number of imide groups is 1. The van der Waals surface area contributed by atoms with Gasteiger partial charge in [0.1, 0.15) is 5.70 Å². The van der Waals surface area contributed by atoms with Gasteiger partial charge in [0, 0.05) is 5.02 Å². The third kappa shape index (κ3) is 3.43. The lowest BCUT2D eigenvalue weighted by Crippen LogP contribution is -2.30. The maximum atomic E-state index is 12.4. The summed E-state index contributed by atoms with van der Waals surface area (Å²) in [6.07, 6.45) is 1.63. The summed E-state index contributed by atoms with van der Waals surface area (Å²) >= 11 is 5.93. The minimum Gasteiger partial charge on any atom is -0.303 e. The number of carbonyl (C=O) groups excluding carboxylic acids is 2. The third-order valence-corrected chi connectivity index (χ3v) is 3.78. The van der Waals surface area contributed by atoms with Crippen molar-refractivity contribution in [3.63, 3.8) is 0 Å². The zero-order valence-corrected chi connectivity index (χ0v) is 13.3. The van der Waals surface area contributed by atoms with Crippen molar-refractivity contribution in [2.45, 2.75) is 13.5 Å². The smallest absolute Gasteiger partial charge is 0.303 e. The van der Waals surface area contributed by atoms with E-state index in [1.54, 1.807) is 24.3 Å². The molecule has 1 aliphatic heterocycles. The SMILES string of the molecule is Cc1cccc(CN2C(=O)N/C(=C/c3cccc(Cl)c3)C2=O)c1. The Hall–Kier alpha value is -2.59. The Morgan fingerprint density at radius 3 is 2.65 bits per heavy atom. The number of halogens is 1. The van der Waals surface area contributed by atoms with E-state index in [1.807, 2.05) is 37.3 Å². The fraction of sp³-hybridized carbons (Fsp3) is 0.111. The molecule has 1 heterocycles. The molecule has 0 saturated carbocycles. The molecule has 2 aromatic rings. The van der Waals surface area contributed by atoms with Crippen LogP contribution >= 0.6 is 11.6 Å². The Bertz CT molecular complexity index is 814. The van der Waals surface area contributed by atoms with Crippen LogP contribution < -0.4 is 5.32 Å². The van der Waals surface area contributed by atoms with Crippen LogP contribution in [-0.4, -0.2) is 16.8 Å². The molecule has 4 nitrogen and oxygen atoms in total. The highest BCUT2D eigenvalue weighted by atomic mass is 35.5. The Labute approximate surface area is 139 Å². The molecule has 3 amide bonds. The summed E-state index contributed by atoms with van der Waals surface area (Å²) in [7, 11) is 0. The van der Waals surface area contributed by atoms with E-state index in [2.05, 4.69) is 5.32 Å². The van der Waals surface area contributed by atoms with E-state index in [0.29, 0.717) is 5.02 Å². The molecule has 0 radical (unpaired) electrons. The van der Waals surface area contributed by atoms with Gasteiger partial charge in [-0.25, -0.2) is 4.79 Å². The predicted molar refractivity (Wildman–Crippen MR) is 89.7 cm³/mol. The molecular weight excluding hydrogens is 312 g/mol. The van der Waals surface area contributed by atoms with Crippen molar-refractivity contribution in [1.82, 2.24) is 10.2 Å². The molecule has 0 aliphatic carbocycles. The standard InChI is InChI=1S/C18H15ClN2O2/c1-12-4-2-6-14(8-12)11-21-17(22)16(20-18(21)23)10-13-5-3-7-15(19)9-13/h2-10H,11H2,1H3,(H,20,23)/b16-10+. The molecule has 0 bridgehead atoms. The summed E-state index contributed by atoms with van der Waals surface area (Å²) in [5.74, 6) is -0.337. The Morgan fingerprint density at radius 1 is 1.13 bits per heavy atom. The number of hydrogen-bond acceptors (Lipinski definition) is 2. The molecule has 5 heteroatoms. The topological polar surface area (TPSA) is 49.4 Å². The number of nitrogens with one attached hydrogen (secondary N) is 1. The van der Waals surface area contributed by atoms with Crippen molar-refractivity contribution in [3.8, 4) is 0 Å². The number of benzene rings is 2. The van der Waals surface area contributed by atoms with E-state index in [0.717, 1.165) is 16.7 Å². The molecule has 1 saturated heterocycles. The van der Waals surface area contributed by atoms with Crippen LogP contribution in [0.2, 0.25) is 5.02 Å². The monoisotopic (exact) mass is 326 g/mol. The van der Waals surface area contributed by atoms with Gasteiger partial charge in [-0.15, -0.1) is 0 Å². The molecule has 116 valence electrons. The quantitative estimate of drug-likeness (QED) is 0.690. The molecular formula is C18H15ClN2O2. The van der Waals surface area contributed by atoms with E-state index >= 15 is 0 Å². The van der Waals surface area contributed by atoms with Crippen LogP contribution in [0.15, 0.2) is 54.2 Å².